The zero-order chi connectivity index (χ0) is 16.2. The molecule has 3 N–H and O–H groups in total. The summed E-state index contributed by atoms with van der Waals surface area (Å²) in [4.78, 5) is 12.4. The van der Waals surface area contributed by atoms with Crippen molar-refractivity contribution in [2.75, 3.05) is 7.11 Å². The summed E-state index contributed by atoms with van der Waals surface area (Å²) >= 11 is 0. The van der Waals surface area contributed by atoms with Gasteiger partial charge in [0.2, 0.25) is 5.91 Å². The highest BCUT2D eigenvalue weighted by atomic mass is 35.5. The van der Waals surface area contributed by atoms with Gasteiger partial charge in [0, 0.05) is 24.8 Å². The average molecular weight is 345 g/mol. The fourth-order valence-electron chi connectivity index (χ4n) is 3.11. The van der Waals surface area contributed by atoms with Gasteiger partial charge in [0.25, 0.3) is 0 Å². The van der Waals surface area contributed by atoms with Gasteiger partial charge in [-0.15, -0.1) is 12.4 Å². The average Bonchev–Trinajstić information content (AvgIpc) is 2.47. The van der Waals surface area contributed by atoms with Crippen LogP contribution in [0.2, 0.25) is 0 Å². The lowest BCUT2D eigenvalue weighted by atomic mass is 9.74. The quantitative estimate of drug-likeness (QED) is 0.863. The first-order chi connectivity index (χ1) is 10.4. The molecule has 0 heterocycles. The normalized spacial score (nSPS) is 23.9. The highest BCUT2D eigenvalue weighted by Crippen LogP contribution is 2.31. The van der Waals surface area contributed by atoms with E-state index in [1.165, 1.54) is 13.2 Å². The molecule has 1 aromatic carbocycles. The number of carbonyl (C=O) groups is 1. The van der Waals surface area contributed by atoms with Crippen LogP contribution in [0.3, 0.4) is 0 Å². The number of carbonyl (C=O) groups excluding carboxylic acids is 1. The van der Waals surface area contributed by atoms with Crippen molar-refractivity contribution in [1.82, 2.24) is 5.32 Å². The number of methoxy groups -OCH3 is 1. The number of benzene rings is 1. The lowest BCUT2D eigenvalue weighted by molar-refractivity contribution is -0.128. The topological polar surface area (TPSA) is 64.3 Å². The van der Waals surface area contributed by atoms with Crippen LogP contribution in [0, 0.1) is 11.7 Å². The van der Waals surface area contributed by atoms with Crippen LogP contribution < -0.4 is 11.1 Å². The second kappa shape index (κ2) is 8.62. The fourth-order valence-corrected chi connectivity index (χ4v) is 3.11. The first-order valence-electron chi connectivity index (χ1n) is 7.77. The van der Waals surface area contributed by atoms with E-state index in [4.69, 9.17) is 10.5 Å². The largest absolute Gasteiger partial charge is 0.380 e. The molecule has 0 saturated heterocycles. The van der Waals surface area contributed by atoms with E-state index in [0.29, 0.717) is 12.1 Å². The van der Waals surface area contributed by atoms with E-state index in [1.54, 1.807) is 12.1 Å². The predicted molar refractivity (Wildman–Crippen MR) is 90.8 cm³/mol. The Hall–Kier alpha value is -1.17. The molecule has 1 aliphatic carbocycles. The van der Waals surface area contributed by atoms with Crippen LogP contribution in [0.5, 0.6) is 0 Å². The molecule has 1 aliphatic rings. The highest BCUT2D eigenvalue weighted by Gasteiger charge is 2.37. The molecule has 0 bridgehead atoms. The van der Waals surface area contributed by atoms with E-state index in [1.807, 2.05) is 6.92 Å². The van der Waals surface area contributed by atoms with Gasteiger partial charge >= 0.3 is 0 Å². The van der Waals surface area contributed by atoms with Crippen LogP contribution in [-0.2, 0) is 22.7 Å². The summed E-state index contributed by atoms with van der Waals surface area (Å²) in [6, 6.07) is 4.81. The van der Waals surface area contributed by atoms with Crippen molar-refractivity contribution < 1.29 is 13.9 Å². The molecule has 0 radical (unpaired) electrons. The molecule has 1 amide bonds. The molecule has 1 saturated carbocycles. The van der Waals surface area contributed by atoms with Crippen molar-refractivity contribution in [3.63, 3.8) is 0 Å². The third kappa shape index (κ3) is 5.16. The van der Waals surface area contributed by atoms with E-state index in [0.717, 1.165) is 31.2 Å². The minimum Gasteiger partial charge on any atom is -0.380 e. The maximum atomic E-state index is 13.6. The summed E-state index contributed by atoms with van der Waals surface area (Å²) < 4.78 is 18.5. The number of rotatable bonds is 5. The summed E-state index contributed by atoms with van der Waals surface area (Å²) in [6.07, 6.45) is 3.82. The van der Waals surface area contributed by atoms with Crippen LogP contribution in [-0.4, -0.2) is 18.6 Å². The molecule has 1 fully saturated rings. The van der Waals surface area contributed by atoms with Gasteiger partial charge in [-0.1, -0.05) is 18.9 Å². The Labute approximate surface area is 143 Å². The second-order valence-corrected chi connectivity index (χ2v) is 6.38. The van der Waals surface area contributed by atoms with Gasteiger partial charge in [0.15, 0.2) is 0 Å². The van der Waals surface area contributed by atoms with Crippen molar-refractivity contribution >= 4 is 18.3 Å². The summed E-state index contributed by atoms with van der Waals surface area (Å²) in [6.45, 7) is 2.55. The number of amides is 1. The molecule has 2 unspecified atom stereocenters. The minimum atomic E-state index is -0.438. The number of nitrogens with one attached hydrogen (secondary N) is 1. The fraction of sp³-hybridized carbons (Fsp3) is 0.588. The number of hydrogen-bond acceptors (Lipinski definition) is 3. The Bertz CT molecular complexity index is 537. The molecular weight excluding hydrogens is 319 g/mol. The maximum Gasteiger partial charge on any atom is 0.225 e. The van der Waals surface area contributed by atoms with Crippen molar-refractivity contribution in [3.05, 3.63) is 35.1 Å². The molecule has 130 valence electrons. The Kier molecular flexibility index (Phi) is 7.45. The van der Waals surface area contributed by atoms with E-state index in [9.17, 15) is 9.18 Å². The molecule has 6 heteroatoms. The maximum absolute atomic E-state index is 13.6. The van der Waals surface area contributed by atoms with Crippen molar-refractivity contribution in [3.8, 4) is 0 Å². The molecular formula is C17H26ClFN2O2. The van der Waals surface area contributed by atoms with Crippen LogP contribution in [0.15, 0.2) is 18.2 Å². The second-order valence-electron chi connectivity index (χ2n) is 6.38. The van der Waals surface area contributed by atoms with Crippen LogP contribution >= 0.6 is 12.4 Å². The zero-order valence-electron chi connectivity index (χ0n) is 13.7. The summed E-state index contributed by atoms with van der Waals surface area (Å²) in [5, 5.41) is 2.93. The predicted octanol–water partition coefficient (Wildman–Crippen LogP) is 2.92. The number of ether oxygens (including phenoxy) is 1. The lowest BCUT2D eigenvalue weighted by Crippen LogP contribution is -2.52. The van der Waals surface area contributed by atoms with Gasteiger partial charge in [-0.2, -0.15) is 0 Å². The van der Waals surface area contributed by atoms with Gasteiger partial charge in [0.1, 0.15) is 5.82 Å². The number of hydrogen-bond donors (Lipinski definition) is 2. The van der Waals surface area contributed by atoms with E-state index >= 15 is 0 Å². The third-order valence-electron chi connectivity index (χ3n) is 4.45. The lowest BCUT2D eigenvalue weighted by Gasteiger charge is -2.37. The van der Waals surface area contributed by atoms with Gasteiger partial charge < -0.3 is 15.8 Å². The highest BCUT2D eigenvalue weighted by molar-refractivity contribution is 5.85. The van der Waals surface area contributed by atoms with Gasteiger partial charge in [-0.3, -0.25) is 4.79 Å². The minimum absolute atomic E-state index is 0. The standard InChI is InChI=1S/C17H25FN2O2.ClH/c1-17(19)8-4-3-5-14(17)16(21)20-10-12-6-7-15(18)13(9-12)11-22-2;/h6-7,9,14H,3-5,8,10-11,19H2,1-2H3,(H,20,21);1H. The molecule has 23 heavy (non-hydrogen) atoms. The Morgan fingerprint density at radius 3 is 2.87 bits per heavy atom. The summed E-state index contributed by atoms with van der Waals surface area (Å²) in [5.74, 6) is -0.457. The first-order valence-corrected chi connectivity index (χ1v) is 7.77. The Morgan fingerprint density at radius 1 is 1.48 bits per heavy atom. The Morgan fingerprint density at radius 2 is 2.22 bits per heavy atom. The molecule has 0 aliphatic heterocycles. The van der Waals surface area contributed by atoms with Gasteiger partial charge in [0.05, 0.1) is 12.5 Å². The van der Waals surface area contributed by atoms with E-state index in [-0.39, 0.29) is 36.7 Å². The molecule has 0 aromatic heterocycles. The van der Waals surface area contributed by atoms with Crippen LogP contribution in [0.4, 0.5) is 4.39 Å². The number of nitrogens with two attached hydrogens (primary N) is 1. The SMILES string of the molecule is COCc1cc(CNC(=O)C2CCCCC2(C)N)ccc1F.Cl. The number of halogens is 2. The molecule has 2 atom stereocenters. The van der Waals surface area contributed by atoms with E-state index < -0.39 is 5.54 Å². The Balaban J connectivity index is 0.00000264. The molecule has 0 spiro atoms. The zero-order valence-corrected chi connectivity index (χ0v) is 14.5. The van der Waals surface area contributed by atoms with Crippen molar-refractivity contribution in [1.29, 1.82) is 0 Å². The van der Waals surface area contributed by atoms with Crippen molar-refractivity contribution in [2.45, 2.75) is 51.3 Å². The first kappa shape index (κ1) is 19.9. The van der Waals surface area contributed by atoms with Crippen molar-refractivity contribution in [2.24, 2.45) is 11.7 Å². The molecule has 4 nitrogen and oxygen atoms in total. The monoisotopic (exact) mass is 344 g/mol. The molecule has 1 aromatic rings. The van der Waals surface area contributed by atoms with Gasteiger partial charge in [-0.05, 0) is 37.5 Å². The smallest absolute Gasteiger partial charge is 0.225 e. The third-order valence-corrected chi connectivity index (χ3v) is 4.45. The molecule has 2 rings (SSSR count). The van der Waals surface area contributed by atoms with Gasteiger partial charge in [-0.25, -0.2) is 4.39 Å². The van der Waals surface area contributed by atoms with Crippen LogP contribution in [0.1, 0.15) is 43.7 Å². The summed E-state index contributed by atoms with van der Waals surface area (Å²) in [5.41, 5.74) is 7.16. The summed E-state index contributed by atoms with van der Waals surface area (Å²) in [7, 11) is 1.53. The van der Waals surface area contributed by atoms with Crippen LogP contribution in [0.25, 0.3) is 0 Å². The van der Waals surface area contributed by atoms with E-state index in [2.05, 4.69) is 5.32 Å².